The smallest absolute Gasteiger partial charge is 0.382 e. The number of nitrogens with zero attached hydrogens (tertiary/aromatic N) is 5. The van der Waals surface area contributed by atoms with E-state index in [1.54, 1.807) is 0 Å². The van der Waals surface area contributed by atoms with E-state index < -0.39 is 76.5 Å². The molecule has 3 saturated heterocycles. The van der Waals surface area contributed by atoms with Crippen LogP contribution in [0.4, 0.5) is 11.8 Å². The van der Waals surface area contributed by atoms with Crippen LogP contribution in [0.15, 0.2) is 11.1 Å². The molecule has 0 radical (unpaired) electrons. The summed E-state index contributed by atoms with van der Waals surface area (Å²) in [5, 5.41) is 0. The average molecular weight is 691 g/mol. The van der Waals surface area contributed by atoms with Gasteiger partial charge in [0.05, 0.1) is 40.8 Å². The molecule has 0 amide bonds. The molecule has 0 spiro atoms. The molecule has 236 valence electrons. The third-order valence-corrected chi connectivity index (χ3v) is 12.3. The highest BCUT2D eigenvalue weighted by Gasteiger charge is 2.55. The van der Waals surface area contributed by atoms with Crippen LogP contribution < -0.4 is 17.0 Å². The maximum Gasteiger partial charge on any atom is 0.472 e. The summed E-state index contributed by atoms with van der Waals surface area (Å²) in [5.74, 6) is -0.0174. The van der Waals surface area contributed by atoms with Gasteiger partial charge in [0.25, 0.3) is 5.56 Å². The number of phosphoric ester groups is 1. The van der Waals surface area contributed by atoms with Crippen molar-refractivity contribution < 1.29 is 46.7 Å². The molecule has 7 N–H and O–H groups in total. The molecule has 19 nitrogen and oxygen atoms in total. The number of H-pyrrole nitrogens is 1. The normalized spacial score (nSPS) is 36.3. The molecular weight excluding hydrogens is 666 g/mol. The Morgan fingerprint density at radius 1 is 1.00 bits per heavy atom. The van der Waals surface area contributed by atoms with Gasteiger partial charge in [0.1, 0.15) is 47.3 Å². The summed E-state index contributed by atoms with van der Waals surface area (Å²) in [6.45, 7) is -1.07. The summed E-state index contributed by atoms with van der Waals surface area (Å²) in [4.78, 5) is 49.8. The molecular formula is C21H24N8O11P2S2. The topological polar surface area (TPSA) is 279 Å². The molecule has 0 aromatic carbocycles. The number of fused-ring (bicyclic) bond motifs is 5. The van der Waals surface area contributed by atoms with Crippen molar-refractivity contribution in [2.24, 2.45) is 0 Å². The van der Waals surface area contributed by atoms with Crippen LogP contribution in [0.3, 0.4) is 0 Å². The summed E-state index contributed by atoms with van der Waals surface area (Å²) < 4.78 is 69.8. The number of rotatable bonds is 3. The van der Waals surface area contributed by atoms with Crippen LogP contribution in [0.2, 0.25) is 0 Å². The second-order valence-electron chi connectivity index (χ2n) is 10.2. The number of hydrogen-bond acceptors (Lipinski definition) is 18. The summed E-state index contributed by atoms with van der Waals surface area (Å²) in [5.41, 5.74) is 10.7. The highest BCUT2D eigenvalue weighted by atomic mass is 32.1. The first-order valence-electron chi connectivity index (χ1n) is 12.9. The van der Waals surface area contributed by atoms with Gasteiger partial charge in [-0.15, -0.1) is 0 Å². The van der Waals surface area contributed by atoms with Crippen LogP contribution in [0.25, 0.3) is 22.1 Å². The van der Waals surface area contributed by atoms with E-state index in [0.717, 1.165) is 23.1 Å². The Morgan fingerprint density at radius 2 is 1.75 bits per heavy atom. The first-order valence-corrected chi connectivity index (χ1v) is 17.6. The predicted octanol–water partition coefficient (Wildman–Crippen LogP) is 1.02. The largest absolute Gasteiger partial charge is 0.472 e. The highest BCUT2D eigenvalue weighted by Crippen LogP contribution is 2.60. The molecule has 0 aliphatic carbocycles. The summed E-state index contributed by atoms with van der Waals surface area (Å²) in [6.07, 6.45) is -5.36. The van der Waals surface area contributed by atoms with Crippen molar-refractivity contribution in [1.29, 1.82) is 0 Å². The average Bonchev–Trinajstić information content (AvgIpc) is 3.74. The van der Waals surface area contributed by atoms with Crippen molar-refractivity contribution in [2.45, 2.75) is 48.7 Å². The molecule has 7 heterocycles. The molecule has 4 aromatic rings. The van der Waals surface area contributed by atoms with Gasteiger partial charge in [-0.25, -0.2) is 19.5 Å². The Labute approximate surface area is 254 Å². The Balaban J connectivity index is 1.21. The number of nitrogens with two attached hydrogens (primary N) is 2. The van der Waals surface area contributed by atoms with Crippen molar-refractivity contribution in [2.75, 3.05) is 31.8 Å². The Kier molecular flexibility index (Phi) is 7.59. The molecule has 3 aliphatic rings. The van der Waals surface area contributed by atoms with E-state index >= 15 is 0 Å². The van der Waals surface area contributed by atoms with E-state index in [1.165, 1.54) is 13.4 Å². The minimum Gasteiger partial charge on any atom is -0.382 e. The number of nitrogen functional groups attached to an aromatic ring is 2. The van der Waals surface area contributed by atoms with Gasteiger partial charge in [-0.2, -0.15) is 8.75 Å². The molecule has 44 heavy (non-hydrogen) atoms. The highest BCUT2D eigenvalue weighted by molar-refractivity contribution is 7.53. The summed E-state index contributed by atoms with van der Waals surface area (Å²) in [7, 11) is -8.10. The van der Waals surface area contributed by atoms with E-state index in [-0.39, 0.29) is 34.1 Å². The zero-order chi connectivity index (χ0) is 31.0. The fraction of sp³-hybridized carbons (Fsp3) is 0.524. The number of phosphoric acid groups is 1. The zero-order valence-electron chi connectivity index (χ0n) is 22.4. The van der Waals surface area contributed by atoms with Crippen molar-refractivity contribution in [3.05, 3.63) is 26.4 Å². The van der Waals surface area contributed by atoms with Gasteiger partial charge >= 0.3 is 15.4 Å². The van der Waals surface area contributed by atoms with Gasteiger partial charge in [-0.3, -0.25) is 23.4 Å². The van der Waals surface area contributed by atoms with Crippen LogP contribution in [-0.2, 0) is 36.9 Å². The molecule has 3 fully saturated rings. The maximum absolute atomic E-state index is 13.7. The third-order valence-electron chi connectivity index (χ3n) is 7.56. The van der Waals surface area contributed by atoms with Gasteiger partial charge in [0, 0.05) is 7.11 Å². The fourth-order valence-corrected chi connectivity index (χ4v) is 9.85. The number of ether oxygens (including phenoxy) is 3. The van der Waals surface area contributed by atoms with Gasteiger partial charge in [-0.1, -0.05) is 0 Å². The SMILES string of the molecule is CO[C@H]1[C@H]2OP(=O)(O)OC[C@H]3O[C@@H](c4snc5c(N)ncnc45)C[C@@H]3P(=O)(O)OC[C@H]1O[C@H]2c1snc2c(=O)[nH]c(N)nc12. The van der Waals surface area contributed by atoms with Crippen LogP contribution >= 0.6 is 38.5 Å². The molecule has 0 saturated carbocycles. The quantitative estimate of drug-likeness (QED) is 0.188. The third kappa shape index (κ3) is 5.16. The molecule has 2 bridgehead atoms. The lowest BCUT2D eigenvalue weighted by atomic mass is 10.1. The summed E-state index contributed by atoms with van der Waals surface area (Å²) >= 11 is 1.89. The molecule has 4 aromatic heterocycles. The van der Waals surface area contributed by atoms with E-state index in [9.17, 15) is 23.7 Å². The second-order valence-corrected chi connectivity index (χ2v) is 15.2. The van der Waals surface area contributed by atoms with Crippen molar-refractivity contribution in [1.82, 2.24) is 28.7 Å². The van der Waals surface area contributed by atoms with E-state index in [4.69, 9.17) is 39.2 Å². The van der Waals surface area contributed by atoms with Gasteiger partial charge < -0.3 is 40.0 Å². The number of aromatic nitrogens is 6. The Morgan fingerprint density at radius 3 is 2.55 bits per heavy atom. The van der Waals surface area contributed by atoms with Crippen molar-refractivity contribution >= 4 is 72.3 Å². The van der Waals surface area contributed by atoms with Gasteiger partial charge in [0.15, 0.2) is 11.3 Å². The Bertz CT molecular complexity index is 1910. The molecule has 9 atom stereocenters. The maximum atomic E-state index is 13.7. The number of hydrogen-bond donors (Lipinski definition) is 5. The fourth-order valence-electron chi connectivity index (χ4n) is 5.57. The molecule has 3 aliphatic heterocycles. The lowest BCUT2D eigenvalue weighted by Gasteiger charge is -2.28. The van der Waals surface area contributed by atoms with Crippen molar-refractivity contribution in [3.8, 4) is 0 Å². The van der Waals surface area contributed by atoms with Crippen molar-refractivity contribution in [3.63, 3.8) is 0 Å². The lowest BCUT2D eigenvalue weighted by molar-refractivity contribution is -0.0376. The molecule has 2 unspecified atom stereocenters. The van der Waals surface area contributed by atoms with Crippen LogP contribution in [0.5, 0.6) is 0 Å². The Hall–Kier alpha value is -2.52. The standard InChI is InChI=1S/C21H24N8O11P2S2/c1-35-14-8-4-36-41(31,32)9-2-6(17-10-12(28-43-17)19(22)25-5-24-10)38-7(9)3-37-42(33,34)40-15(14)16(39-8)18-11-13(29-44-18)20(30)27-21(23)26-11/h5-9,14-16H,2-4H2,1H3,(H,31,32)(H,33,34)(H2,22,24,25)(H3,23,26,27,30)/t6-,7-,8-,9+,14-,15-,16-/m1/s1. The number of nitrogens with one attached hydrogen (secondary N) is 1. The number of aromatic amines is 1. The van der Waals surface area contributed by atoms with E-state index in [2.05, 4.69) is 28.7 Å². The van der Waals surface area contributed by atoms with Crippen LogP contribution in [0.1, 0.15) is 28.4 Å². The summed E-state index contributed by atoms with van der Waals surface area (Å²) in [6, 6.07) is 0. The zero-order valence-corrected chi connectivity index (χ0v) is 25.8. The number of methoxy groups -OCH3 is 1. The first kappa shape index (κ1) is 30.2. The minimum atomic E-state index is -4.90. The number of anilines is 2. The van der Waals surface area contributed by atoms with E-state index in [0.29, 0.717) is 15.9 Å². The predicted molar refractivity (Wildman–Crippen MR) is 153 cm³/mol. The first-order chi connectivity index (χ1) is 21.0. The molecule has 7 rings (SSSR count). The van der Waals surface area contributed by atoms with Crippen LogP contribution in [0, 0.1) is 0 Å². The monoisotopic (exact) mass is 690 g/mol. The molecule has 23 heteroatoms. The van der Waals surface area contributed by atoms with E-state index in [1.807, 2.05) is 0 Å². The van der Waals surface area contributed by atoms with Crippen LogP contribution in [-0.4, -0.2) is 88.9 Å². The second kappa shape index (κ2) is 11.1. The van der Waals surface area contributed by atoms with Gasteiger partial charge in [0.2, 0.25) is 5.95 Å². The lowest BCUT2D eigenvalue weighted by Crippen LogP contribution is -2.38. The minimum absolute atomic E-state index is 0.0289. The van der Waals surface area contributed by atoms with Gasteiger partial charge in [-0.05, 0) is 29.5 Å².